The van der Waals surface area contributed by atoms with Gasteiger partial charge >= 0.3 is 8.80 Å². The van der Waals surface area contributed by atoms with Gasteiger partial charge in [-0.15, -0.1) is 0 Å². The Morgan fingerprint density at radius 2 is 1.30 bits per heavy atom. The first-order valence-electron chi connectivity index (χ1n) is 10.8. The number of hydrogen-bond donors (Lipinski definition) is 0. The molecule has 1 rings (SSSR count). The zero-order valence-corrected chi connectivity index (χ0v) is 21.6. The number of thioether (sulfide) groups is 2. The normalized spacial score (nSPS) is 11.6. The summed E-state index contributed by atoms with van der Waals surface area (Å²) >= 11 is 2.68. The van der Waals surface area contributed by atoms with Crippen molar-refractivity contribution in [3.63, 3.8) is 0 Å². The maximum atomic E-state index is 11.8. The zero-order valence-electron chi connectivity index (χ0n) is 19.0. The Labute approximate surface area is 191 Å². The van der Waals surface area contributed by atoms with Crippen molar-refractivity contribution >= 4 is 42.6 Å². The maximum absolute atomic E-state index is 11.8. The molecule has 0 aliphatic carbocycles. The van der Waals surface area contributed by atoms with E-state index in [1.807, 2.05) is 34.6 Å². The average Bonchev–Trinajstić information content (AvgIpc) is 2.75. The molecule has 0 fully saturated rings. The molecule has 30 heavy (non-hydrogen) atoms. The quantitative estimate of drug-likeness (QED) is 0.307. The first kappa shape index (κ1) is 27.4. The third-order valence-corrected chi connectivity index (χ3v) is 9.62. The minimum Gasteiger partial charge on any atom is -0.374 e. The molecule has 5 nitrogen and oxygen atoms in total. The first-order valence-corrected chi connectivity index (χ1v) is 14.7. The van der Waals surface area contributed by atoms with Gasteiger partial charge in [-0.25, -0.2) is 0 Å². The van der Waals surface area contributed by atoms with Crippen LogP contribution < -0.4 is 0 Å². The Hall–Kier alpha value is -0.643. The van der Waals surface area contributed by atoms with E-state index in [4.69, 9.17) is 13.3 Å². The highest BCUT2D eigenvalue weighted by Crippen LogP contribution is 2.26. The fraction of sp³-hybridized carbons (Fsp3) is 0.636. The maximum Gasteiger partial charge on any atom is 0.501 e. The molecule has 0 spiro atoms. The molecule has 0 saturated carbocycles. The van der Waals surface area contributed by atoms with Crippen LogP contribution in [0.2, 0.25) is 6.04 Å². The Morgan fingerprint density at radius 3 is 1.77 bits per heavy atom. The van der Waals surface area contributed by atoms with E-state index >= 15 is 0 Å². The first-order chi connectivity index (χ1) is 14.4. The summed E-state index contributed by atoms with van der Waals surface area (Å²) in [7, 11) is -2.69. The number of rotatable bonds is 15. The molecule has 0 radical (unpaired) electrons. The van der Waals surface area contributed by atoms with Crippen molar-refractivity contribution in [1.29, 1.82) is 0 Å². The predicted molar refractivity (Wildman–Crippen MR) is 129 cm³/mol. The fourth-order valence-corrected chi connectivity index (χ4v) is 7.12. The zero-order chi connectivity index (χ0) is 22.4. The topological polar surface area (TPSA) is 61.8 Å². The lowest BCUT2D eigenvalue weighted by Crippen LogP contribution is -2.46. The van der Waals surface area contributed by atoms with E-state index in [2.05, 4.69) is 18.2 Å². The Bertz CT molecular complexity index is 652. The summed E-state index contributed by atoms with van der Waals surface area (Å²) in [5.41, 5.74) is 3.40. The molecule has 0 aliphatic heterocycles. The van der Waals surface area contributed by atoms with Crippen LogP contribution in [0.5, 0.6) is 0 Å². The molecule has 0 heterocycles. The second-order valence-electron chi connectivity index (χ2n) is 6.61. The predicted octanol–water partition coefficient (Wildman–Crippen LogP) is 5.62. The van der Waals surface area contributed by atoms with Crippen LogP contribution in [0.15, 0.2) is 18.2 Å². The number of carbonyl (C=O) groups is 2. The van der Waals surface area contributed by atoms with E-state index in [1.54, 1.807) is 0 Å². The summed E-state index contributed by atoms with van der Waals surface area (Å²) < 4.78 is 17.9. The lowest BCUT2D eigenvalue weighted by molar-refractivity contribution is -0.111. The van der Waals surface area contributed by atoms with Crippen LogP contribution in [-0.2, 0) is 40.8 Å². The molecule has 8 heteroatoms. The van der Waals surface area contributed by atoms with Gasteiger partial charge in [0.15, 0.2) is 10.2 Å². The molecule has 0 aromatic heterocycles. The van der Waals surface area contributed by atoms with Crippen LogP contribution in [0.25, 0.3) is 0 Å². The molecular weight excluding hydrogens is 436 g/mol. The summed E-state index contributed by atoms with van der Waals surface area (Å²) in [5, 5.41) is 0.363. The molecule has 0 atom stereocenters. The minimum absolute atomic E-state index is 0.180. The van der Waals surface area contributed by atoms with Gasteiger partial charge in [0.05, 0.1) is 0 Å². The largest absolute Gasteiger partial charge is 0.501 e. The van der Waals surface area contributed by atoms with Crippen LogP contribution in [0, 0.1) is 0 Å². The van der Waals surface area contributed by atoms with Crippen molar-refractivity contribution in [2.45, 2.75) is 71.4 Å². The third-order valence-electron chi connectivity index (χ3n) is 4.44. The standard InChI is InChI=1S/C22H36O5S2Si/c1-6-21(23)28-16-19-12-11-18(15-20(19)17-29-22(24)7-2)13-14-30(25-8-3,26-9-4)27-10-5/h11-12,15H,6-10,13-14,16-17H2,1-5H3. The van der Waals surface area contributed by atoms with Gasteiger partial charge in [0, 0.05) is 50.2 Å². The van der Waals surface area contributed by atoms with Crippen molar-refractivity contribution in [2.75, 3.05) is 19.8 Å². The lowest BCUT2D eigenvalue weighted by Gasteiger charge is -2.28. The second kappa shape index (κ2) is 15.2. The van der Waals surface area contributed by atoms with E-state index in [9.17, 15) is 9.59 Å². The molecular formula is C22H36O5S2Si. The molecule has 0 aliphatic rings. The molecule has 170 valence electrons. The van der Waals surface area contributed by atoms with Crippen molar-refractivity contribution in [1.82, 2.24) is 0 Å². The fourth-order valence-electron chi connectivity index (χ4n) is 2.93. The van der Waals surface area contributed by atoms with Crippen molar-refractivity contribution in [3.05, 3.63) is 34.9 Å². The minimum atomic E-state index is -2.69. The average molecular weight is 473 g/mol. The van der Waals surface area contributed by atoms with Gasteiger partial charge in [0.25, 0.3) is 0 Å². The van der Waals surface area contributed by atoms with Crippen LogP contribution >= 0.6 is 23.5 Å². The molecule has 0 saturated heterocycles. The monoisotopic (exact) mass is 472 g/mol. The van der Waals surface area contributed by atoms with E-state index in [-0.39, 0.29) is 10.2 Å². The molecule has 1 aromatic rings. The highest BCUT2D eigenvalue weighted by molar-refractivity contribution is 8.13. The van der Waals surface area contributed by atoms with Gasteiger partial charge in [-0.3, -0.25) is 9.59 Å². The van der Waals surface area contributed by atoms with Gasteiger partial charge in [0.1, 0.15) is 0 Å². The molecule has 0 N–H and O–H groups in total. The highest BCUT2D eigenvalue weighted by Gasteiger charge is 2.39. The second-order valence-corrected chi connectivity index (χ2v) is 11.4. The van der Waals surface area contributed by atoms with Gasteiger partial charge in [0.2, 0.25) is 0 Å². The summed E-state index contributed by atoms with van der Waals surface area (Å²) in [5.74, 6) is 1.26. The molecule has 0 amide bonds. The Balaban J connectivity index is 2.99. The van der Waals surface area contributed by atoms with Crippen molar-refractivity contribution in [3.8, 4) is 0 Å². The number of carbonyl (C=O) groups excluding carboxylic acids is 2. The summed E-state index contributed by atoms with van der Waals surface area (Å²) in [6, 6.07) is 7.06. The smallest absolute Gasteiger partial charge is 0.374 e. The summed E-state index contributed by atoms with van der Waals surface area (Å²) in [6.07, 6.45) is 1.83. The summed E-state index contributed by atoms with van der Waals surface area (Å²) in [4.78, 5) is 23.6. The van der Waals surface area contributed by atoms with Crippen LogP contribution in [0.4, 0.5) is 0 Å². The highest BCUT2D eigenvalue weighted by atomic mass is 32.2. The van der Waals surface area contributed by atoms with Gasteiger partial charge in [-0.05, 0) is 43.9 Å². The van der Waals surface area contributed by atoms with E-state index in [1.165, 1.54) is 29.1 Å². The molecule has 0 bridgehead atoms. The lowest BCUT2D eigenvalue weighted by atomic mass is 10.0. The molecule has 0 unspecified atom stereocenters. The van der Waals surface area contributed by atoms with Crippen LogP contribution in [0.3, 0.4) is 0 Å². The van der Waals surface area contributed by atoms with Crippen LogP contribution in [-0.4, -0.2) is 38.9 Å². The van der Waals surface area contributed by atoms with Crippen molar-refractivity contribution < 1.29 is 22.9 Å². The Morgan fingerprint density at radius 1 is 0.800 bits per heavy atom. The number of aryl methyl sites for hydroxylation is 1. The number of hydrogen-bond acceptors (Lipinski definition) is 7. The van der Waals surface area contributed by atoms with E-state index in [0.29, 0.717) is 50.2 Å². The Kier molecular flexibility index (Phi) is 13.9. The SMILES string of the molecule is CCO[Si](CCc1ccc(CSC(=O)CC)c(CSC(=O)CC)c1)(OCC)OCC. The molecule has 1 aromatic carbocycles. The van der Waals surface area contributed by atoms with Gasteiger partial charge < -0.3 is 13.3 Å². The summed E-state index contributed by atoms with van der Waals surface area (Å²) in [6.45, 7) is 11.3. The van der Waals surface area contributed by atoms with E-state index in [0.717, 1.165) is 17.5 Å². The van der Waals surface area contributed by atoms with E-state index < -0.39 is 8.80 Å². The third kappa shape index (κ3) is 9.66. The van der Waals surface area contributed by atoms with Crippen molar-refractivity contribution in [2.24, 2.45) is 0 Å². The van der Waals surface area contributed by atoms with Gasteiger partial charge in [-0.1, -0.05) is 55.6 Å². The van der Waals surface area contributed by atoms with Gasteiger partial charge in [-0.2, -0.15) is 0 Å². The number of benzene rings is 1. The van der Waals surface area contributed by atoms with Crippen LogP contribution in [0.1, 0.15) is 64.2 Å².